The Bertz CT molecular complexity index is 1700. The Morgan fingerprint density at radius 2 is 1.51 bits per heavy atom. The SMILES string of the molecule is C=CCN(Cc1ccccc1)C(=O)[C@@H]1[C@H]2C(=O)N([C@@H](CO)Cc3ccccc3)C(C(=O)N(CC=C)c3ccc(N(CC)CC)cc3)C23CC[C@H]1S3. The van der Waals surface area contributed by atoms with Gasteiger partial charge in [0.1, 0.15) is 6.04 Å². The molecule has 0 aromatic heterocycles. The maximum absolute atomic E-state index is 15.2. The first kappa shape index (κ1) is 36.5. The average molecular weight is 707 g/mol. The van der Waals surface area contributed by atoms with Gasteiger partial charge >= 0.3 is 0 Å². The summed E-state index contributed by atoms with van der Waals surface area (Å²) in [6.07, 6.45) is 5.20. The highest BCUT2D eigenvalue weighted by molar-refractivity contribution is 8.02. The fourth-order valence-corrected chi connectivity index (χ4v) is 10.8. The highest BCUT2D eigenvalue weighted by atomic mass is 32.2. The standard InChI is InChI=1S/C42H50N4O4S/c1-5-25-44(28-31-17-13-10-14-18-31)39(48)36-35-23-24-42(51-35)37(36)40(49)46(34(29-47)27-30-15-11-9-12-16-30)38(42)41(50)45(26-6-2)33-21-19-32(20-22-33)43(7-3)8-4/h5-6,9-22,34-38,47H,1-2,7-8,23-29H2,3-4H3/t34-,35-,36+,37+,38?,42?/m1/s1. The van der Waals surface area contributed by atoms with Gasteiger partial charge in [0.25, 0.3) is 5.91 Å². The molecular formula is C42H50N4O4S. The summed E-state index contributed by atoms with van der Waals surface area (Å²) in [7, 11) is 0. The molecule has 8 nitrogen and oxygen atoms in total. The first-order valence-electron chi connectivity index (χ1n) is 18.2. The van der Waals surface area contributed by atoms with E-state index >= 15 is 9.59 Å². The zero-order valence-corrected chi connectivity index (χ0v) is 30.6. The lowest BCUT2D eigenvalue weighted by Gasteiger charge is -2.40. The highest BCUT2D eigenvalue weighted by Gasteiger charge is 2.74. The van der Waals surface area contributed by atoms with Crippen LogP contribution in [0.15, 0.2) is 110 Å². The molecule has 3 heterocycles. The van der Waals surface area contributed by atoms with Gasteiger partial charge in [-0.25, -0.2) is 0 Å². The number of hydrogen-bond donors (Lipinski definition) is 1. The molecule has 3 fully saturated rings. The molecule has 3 amide bonds. The Hall–Kier alpha value is -4.34. The van der Waals surface area contributed by atoms with Crippen molar-refractivity contribution in [3.05, 3.63) is 121 Å². The van der Waals surface area contributed by atoms with E-state index in [0.29, 0.717) is 25.9 Å². The minimum Gasteiger partial charge on any atom is -0.394 e. The number of aliphatic hydroxyl groups is 1. The van der Waals surface area contributed by atoms with E-state index in [0.717, 1.165) is 42.0 Å². The fourth-order valence-electron chi connectivity index (χ4n) is 8.62. The summed E-state index contributed by atoms with van der Waals surface area (Å²) in [5.41, 5.74) is 3.75. The molecule has 51 heavy (non-hydrogen) atoms. The van der Waals surface area contributed by atoms with Gasteiger partial charge in [-0.3, -0.25) is 14.4 Å². The first-order chi connectivity index (χ1) is 24.8. The van der Waals surface area contributed by atoms with Crippen molar-refractivity contribution >= 4 is 40.9 Å². The topological polar surface area (TPSA) is 84.4 Å². The lowest BCUT2D eigenvalue weighted by molar-refractivity contribution is -0.145. The molecule has 3 aromatic rings. The number of rotatable bonds is 16. The van der Waals surface area contributed by atoms with Gasteiger partial charge in [-0.15, -0.1) is 24.9 Å². The van der Waals surface area contributed by atoms with Gasteiger partial charge in [-0.2, -0.15) is 0 Å². The molecule has 3 saturated heterocycles. The number of carbonyl (C=O) groups is 3. The third-order valence-electron chi connectivity index (χ3n) is 10.9. The number of benzene rings is 3. The second-order valence-corrected chi connectivity index (χ2v) is 15.3. The van der Waals surface area contributed by atoms with E-state index in [2.05, 4.69) is 31.9 Å². The van der Waals surface area contributed by atoms with E-state index in [1.165, 1.54) is 0 Å². The van der Waals surface area contributed by atoms with Crippen LogP contribution in [0, 0.1) is 11.8 Å². The Kier molecular flexibility index (Phi) is 11.4. The zero-order valence-electron chi connectivity index (χ0n) is 29.8. The van der Waals surface area contributed by atoms with Gasteiger partial charge in [0.2, 0.25) is 11.8 Å². The zero-order chi connectivity index (χ0) is 36.1. The quantitative estimate of drug-likeness (QED) is 0.185. The molecule has 2 unspecified atom stereocenters. The van der Waals surface area contributed by atoms with Crippen molar-refractivity contribution in [1.82, 2.24) is 9.80 Å². The number of fused-ring (bicyclic) bond motifs is 1. The van der Waals surface area contributed by atoms with E-state index in [4.69, 9.17) is 0 Å². The van der Waals surface area contributed by atoms with Crippen LogP contribution in [-0.2, 0) is 27.3 Å². The number of anilines is 2. The van der Waals surface area contributed by atoms with Crippen molar-refractivity contribution in [2.45, 2.75) is 61.7 Å². The molecule has 1 spiro atoms. The Labute approximate surface area is 306 Å². The molecule has 6 rings (SSSR count). The monoisotopic (exact) mass is 706 g/mol. The molecular weight excluding hydrogens is 657 g/mol. The molecule has 0 saturated carbocycles. The Morgan fingerprint density at radius 1 is 0.902 bits per heavy atom. The van der Waals surface area contributed by atoms with Crippen molar-refractivity contribution in [3.8, 4) is 0 Å². The summed E-state index contributed by atoms with van der Waals surface area (Å²) in [5, 5.41) is 10.9. The van der Waals surface area contributed by atoms with E-state index in [9.17, 15) is 9.90 Å². The van der Waals surface area contributed by atoms with Gasteiger partial charge in [-0.05, 0) is 68.5 Å². The summed E-state index contributed by atoms with van der Waals surface area (Å²) in [6, 6.07) is 26.1. The van der Waals surface area contributed by atoms with Gasteiger partial charge in [-0.1, -0.05) is 72.8 Å². The number of nitrogens with zero attached hydrogens (tertiary/aromatic N) is 4. The van der Waals surface area contributed by atoms with Crippen molar-refractivity contribution in [1.29, 1.82) is 0 Å². The van der Waals surface area contributed by atoms with Crippen LogP contribution in [0.1, 0.15) is 37.8 Å². The third-order valence-corrected chi connectivity index (χ3v) is 12.9. The minimum atomic E-state index is -0.868. The maximum Gasteiger partial charge on any atom is 0.251 e. The van der Waals surface area contributed by atoms with Crippen LogP contribution in [0.3, 0.4) is 0 Å². The number of hydrogen-bond acceptors (Lipinski definition) is 6. The predicted octanol–water partition coefficient (Wildman–Crippen LogP) is 5.96. The summed E-state index contributed by atoms with van der Waals surface area (Å²) in [4.78, 5) is 52.4. The second-order valence-electron chi connectivity index (χ2n) is 13.7. The van der Waals surface area contributed by atoms with Crippen LogP contribution in [0.4, 0.5) is 11.4 Å². The van der Waals surface area contributed by atoms with Crippen molar-refractivity contribution in [2.75, 3.05) is 42.6 Å². The van der Waals surface area contributed by atoms with E-state index in [-0.39, 0.29) is 36.1 Å². The molecule has 9 heteroatoms. The van der Waals surface area contributed by atoms with E-state index in [1.54, 1.807) is 38.6 Å². The number of thioether (sulfide) groups is 1. The minimum absolute atomic E-state index is 0.0808. The maximum atomic E-state index is 15.2. The molecule has 3 aliphatic rings. The molecule has 0 aliphatic carbocycles. The number of aliphatic hydroxyl groups excluding tert-OH is 1. The smallest absolute Gasteiger partial charge is 0.251 e. The van der Waals surface area contributed by atoms with Crippen LogP contribution in [0.2, 0.25) is 0 Å². The fraction of sp³-hybridized carbons (Fsp3) is 0.405. The Morgan fingerprint density at radius 3 is 2.10 bits per heavy atom. The van der Waals surface area contributed by atoms with E-state index in [1.807, 2.05) is 84.9 Å². The lowest BCUT2D eigenvalue weighted by Crippen LogP contribution is -2.58. The predicted molar refractivity (Wildman–Crippen MR) is 207 cm³/mol. The molecule has 268 valence electrons. The average Bonchev–Trinajstić information content (AvgIpc) is 3.81. The van der Waals surface area contributed by atoms with Crippen LogP contribution < -0.4 is 9.80 Å². The largest absolute Gasteiger partial charge is 0.394 e. The molecule has 3 aliphatic heterocycles. The van der Waals surface area contributed by atoms with Crippen molar-refractivity contribution in [3.63, 3.8) is 0 Å². The van der Waals surface area contributed by atoms with Gasteiger partial charge in [0.15, 0.2) is 0 Å². The lowest BCUT2D eigenvalue weighted by atomic mass is 9.70. The molecule has 3 aromatic carbocycles. The van der Waals surface area contributed by atoms with Crippen LogP contribution in [0.5, 0.6) is 0 Å². The normalized spacial score (nSPS) is 23.8. The van der Waals surface area contributed by atoms with Gasteiger partial charge in [0, 0.05) is 49.3 Å². The van der Waals surface area contributed by atoms with Crippen LogP contribution in [-0.4, -0.2) is 87.5 Å². The van der Waals surface area contributed by atoms with Gasteiger partial charge < -0.3 is 24.7 Å². The van der Waals surface area contributed by atoms with Crippen molar-refractivity contribution in [2.24, 2.45) is 11.8 Å². The third kappa shape index (κ3) is 6.86. The number of carbonyl (C=O) groups excluding carboxylic acids is 3. The van der Waals surface area contributed by atoms with Crippen LogP contribution in [0.25, 0.3) is 0 Å². The molecule has 6 atom stereocenters. The summed E-state index contributed by atoms with van der Waals surface area (Å²) in [5.74, 6) is -1.78. The highest BCUT2D eigenvalue weighted by Crippen LogP contribution is 2.67. The summed E-state index contributed by atoms with van der Waals surface area (Å²) < 4.78 is -0.809. The van der Waals surface area contributed by atoms with E-state index < -0.39 is 28.7 Å². The van der Waals surface area contributed by atoms with Crippen molar-refractivity contribution < 1.29 is 19.5 Å². The van der Waals surface area contributed by atoms with Gasteiger partial charge in [0.05, 0.1) is 29.2 Å². The number of amides is 3. The molecule has 2 bridgehead atoms. The second kappa shape index (κ2) is 15.9. The molecule has 0 radical (unpaired) electrons. The van der Waals surface area contributed by atoms with Crippen LogP contribution >= 0.6 is 11.8 Å². The summed E-state index contributed by atoms with van der Waals surface area (Å²) in [6.45, 7) is 14.6. The summed E-state index contributed by atoms with van der Waals surface area (Å²) >= 11 is 1.65. The first-order valence-corrected chi connectivity index (χ1v) is 19.0. The number of likely N-dealkylation sites (tertiary alicyclic amines) is 1. The molecule has 1 N–H and O–H groups in total. The Balaban J connectivity index is 1.41.